The molecular weight excluding hydrogens is 412 g/mol. The zero-order valence-electron chi connectivity index (χ0n) is 17.4. The molecule has 10 nitrogen and oxygen atoms in total. The van der Waals surface area contributed by atoms with Gasteiger partial charge in [-0.1, -0.05) is 30.3 Å². The molecule has 0 radical (unpaired) electrons. The fourth-order valence-electron chi connectivity index (χ4n) is 3.60. The van der Waals surface area contributed by atoms with E-state index < -0.39 is 55.3 Å². The van der Waals surface area contributed by atoms with Crippen molar-refractivity contribution < 1.29 is 49.6 Å². The molecule has 0 saturated carbocycles. The molecule has 10 heteroatoms. The van der Waals surface area contributed by atoms with E-state index in [0.717, 1.165) is 12.0 Å². The Kier molecular flexibility index (Phi) is 8.38. The van der Waals surface area contributed by atoms with Crippen molar-refractivity contribution in [3.05, 3.63) is 35.9 Å². The number of aryl methyl sites for hydroxylation is 1. The van der Waals surface area contributed by atoms with Gasteiger partial charge in [0.25, 0.3) is 0 Å². The molecular formula is C21H32O10. The van der Waals surface area contributed by atoms with E-state index in [1.165, 1.54) is 0 Å². The number of hydrogen-bond acceptors (Lipinski definition) is 10. The molecule has 1 aromatic rings. The summed E-state index contributed by atoms with van der Waals surface area (Å²) in [5, 5.41) is 59.9. The van der Waals surface area contributed by atoms with E-state index in [0.29, 0.717) is 6.42 Å². The first-order chi connectivity index (χ1) is 14.7. The Bertz CT molecular complexity index is 675. The Hall–Kier alpha value is -1.18. The summed E-state index contributed by atoms with van der Waals surface area (Å²) in [7, 11) is 0. The monoisotopic (exact) mass is 444 g/mol. The smallest absolute Gasteiger partial charge is 0.186 e. The molecule has 9 atom stereocenters. The first-order valence-corrected chi connectivity index (χ1v) is 10.4. The topological polar surface area (TPSA) is 158 Å². The predicted molar refractivity (Wildman–Crippen MR) is 106 cm³/mol. The van der Waals surface area contributed by atoms with Crippen molar-refractivity contribution >= 4 is 0 Å². The molecule has 2 fully saturated rings. The van der Waals surface area contributed by atoms with Gasteiger partial charge in [0.05, 0.1) is 25.9 Å². The summed E-state index contributed by atoms with van der Waals surface area (Å²) in [4.78, 5) is 0. The second kappa shape index (κ2) is 10.6. The molecule has 0 spiro atoms. The van der Waals surface area contributed by atoms with Gasteiger partial charge in [-0.3, -0.25) is 0 Å². The van der Waals surface area contributed by atoms with Gasteiger partial charge < -0.3 is 49.6 Å². The highest BCUT2D eigenvalue weighted by molar-refractivity contribution is 5.14. The van der Waals surface area contributed by atoms with E-state index in [-0.39, 0.29) is 19.3 Å². The summed E-state index contributed by atoms with van der Waals surface area (Å²) in [6, 6.07) is 9.84. The molecule has 176 valence electrons. The van der Waals surface area contributed by atoms with Crippen molar-refractivity contribution in [3.8, 4) is 0 Å². The van der Waals surface area contributed by atoms with Crippen LogP contribution in [-0.4, -0.2) is 105 Å². The molecule has 2 aliphatic rings. The van der Waals surface area contributed by atoms with Crippen LogP contribution in [0.5, 0.6) is 0 Å². The highest BCUT2D eigenvalue weighted by atomic mass is 16.7. The molecule has 1 aromatic carbocycles. The number of hydrogen-bond donors (Lipinski definition) is 6. The van der Waals surface area contributed by atoms with E-state index >= 15 is 0 Å². The van der Waals surface area contributed by atoms with Gasteiger partial charge in [0.1, 0.15) is 36.1 Å². The van der Waals surface area contributed by atoms with Gasteiger partial charge in [0, 0.05) is 0 Å². The Balaban J connectivity index is 1.52. The molecule has 2 aliphatic heterocycles. The number of aliphatic hydroxyl groups excluding tert-OH is 5. The van der Waals surface area contributed by atoms with Crippen LogP contribution in [0.4, 0.5) is 0 Å². The minimum Gasteiger partial charge on any atom is -0.393 e. The summed E-state index contributed by atoms with van der Waals surface area (Å²) in [6.07, 6.45) is -8.38. The Morgan fingerprint density at radius 2 is 1.77 bits per heavy atom. The maximum atomic E-state index is 10.3. The molecule has 31 heavy (non-hydrogen) atoms. The van der Waals surface area contributed by atoms with E-state index in [1.807, 2.05) is 37.3 Å². The molecule has 0 unspecified atom stereocenters. The maximum absolute atomic E-state index is 10.3. The van der Waals surface area contributed by atoms with Crippen molar-refractivity contribution in [1.82, 2.24) is 0 Å². The number of rotatable bonds is 9. The van der Waals surface area contributed by atoms with Crippen molar-refractivity contribution in [2.24, 2.45) is 0 Å². The normalized spacial score (nSPS) is 39.5. The molecule has 6 N–H and O–H groups in total. The van der Waals surface area contributed by atoms with E-state index in [1.54, 1.807) is 0 Å². The second-order valence-electron chi connectivity index (χ2n) is 8.20. The van der Waals surface area contributed by atoms with Gasteiger partial charge in [0.2, 0.25) is 0 Å². The Morgan fingerprint density at radius 1 is 1.06 bits per heavy atom. The summed E-state index contributed by atoms with van der Waals surface area (Å²) < 4.78 is 21.9. The zero-order valence-corrected chi connectivity index (χ0v) is 17.4. The average molecular weight is 444 g/mol. The van der Waals surface area contributed by atoms with Crippen molar-refractivity contribution in [2.45, 2.75) is 74.6 Å². The maximum Gasteiger partial charge on any atom is 0.186 e. The first kappa shape index (κ1) is 24.5. The summed E-state index contributed by atoms with van der Waals surface area (Å²) in [5.74, 6) is 0. The lowest BCUT2D eigenvalue weighted by atomic mass is 9.99. The highest BCUT2D eigenvalue weighted by Crippen LogP contribution is 2.28. The van der Waals surface area contributed by atoms with Crippen LogP contribution in [0.1, 0.15) is 18.9 Å². The van der Waals surface area contributed by atoms with Crippen LogP contribution in [0.25, 0.3) is 0 Å². The fraction of sp³-hybridized carbons (Fsp3) is 0.714. The van der Waals surface area contributed by atoms with Crippen LogP contribution in [0.2, 0.25) is 0 Å². The van der Waals surface area contributed by atoms with Crippen LogP contribution in [0.3, 0.4) is 0 Å². The standard InChI is InChI=1S/C21H32O10/c1-12(7-8-13-5-3-2-4-6-13)30-19-17(25)16(24)15(23)14(31-19)9-28-20-18(26)21(27,10-22)11-29-20/h2-6,12,14-20,22-27H,7-11H2,1H3/t12-,14-,15-,16+,17-,18+,19-,20-,21-/m1/s1. The lowest BCUT2D eigenvalue weighted by molar-refractivity contribution is -0.317. The number of ether oxygens (including phenoxy) is 4. The minimum atomic E-state index is -1.84. The fourth-order valence-corrected chi connectivity index (χ4v) is 3.60. The van der Waals surface area contributed by atoms with Crippen LogP contribution >= 0.6 is 0 Å². The average Bonchev–Trinajstić information content (AvgIpc) is 3.07. The van der Waals surface area contributed by atoms with E-state index in [9.17, 15) is 30.6 Å². The molecule has 2 saturated heterocycles. The van der Waals surface area contributed by atoms with Gasteiger partial charge in [-0.25, -0.2) is 0 Å². The van der Waals surface area contributed by atoms with Gasteiger partial charge in [-0.05, 0) is 25.3 Å². The predicted octanol–water partition coefficient (Wildman–Crippen LogP) is -1.71. The third-order valence-corrected chi connectivity index (χ3v) is 5.72. The molecule has 0 aliphatic carbocycles. The molecule has 0 amide bonds. The third kappa shape index (κ3) is 5.79. The van der Waals surface area contributed by atoms with Crippen molar-refractivity contribution in [2.75, 3.05) is 19.8 Å². The quantitative estimate of drug-likeness (QED) is 0.259. The Morgan fingerprint density at radius 3 is 2.42 bits per heavy atom. The SMILES string of the molecule is C[C@H](CCc1ccccc1)O[C@@H]1O[C@H](CO[C@@H]2OC[C@](O)(CO)[C@H]2O)[C@@H](O)[C@H](O)[C@H]1O. The zero-order chi connectivity index (χ0) is 22.6. The van der Waals surface area contributed by atoms with Crippen LogP contribution in [-0.2, 0) is 25.4 Å². The van der Waals surface area contributed by atoms with Gasteiger partial charge >= 0.3 is 0 Å². The number of benzene rings is 1. The molecule has 0 aromatic heterocycles. The van der Waals surface area contributed by atoms with E-state index in [2.05, 4.69) is 0 Å². The van der Waals surface area contributed by atoms with Gasteiger partial charge in [0.15, 0.2) is 12.6 Å². The number of aliphatic hydroxyl groups is 6. The lowest BCUT2D eigenvalue weighted by Crippen LogP contribution is -2.60. The van der Waals surface area contributed by atoms with Gasteiger partial charge in [-0.15, -0.1) is 0 Å². The first-order valence-electron chi connectivity index (χ1n) is 10.4. The summed E-state index contributed by atoms with van der Waals surface area (Å²) in [6.45, 7) is 0.473. The Labute approximate surface area is 180 Å². The van der Waals surface area contributed by atoms with E-state index in [4.69, 9.17) is 18.9 Å². The summed E-state index contributed by atoms with van der Waals surface area (Å²) in [5.41, 5.74) is -0.700. The minimum absolute atomic E-state index is 0.302. The van der Waals surface area contributed by atoms with Gasteiger partial charge in [-0.2, -0.15) is 0 Å². The molecule has 2 heterocycles. The van der Waals surface area contributed by atoms with Crippen molar-refractivity contribution in [3.63, 3.8) is 0 Å². The largest absolute Gasteiger partial charge is 0.393 e. The summed E-state index contributed by atoms with van der Waals surface area (Å²) >= 11 is 0. The third-order valence-electron chi connectivity index (χ3n) is 5.72. The van der Waals surface area contributed by atoms with Crippen LogP contribution in [0.15, 0.2) is 30.3 Å². The lowest BCUT2D eigenvalue weighted by Gasteiger charge is -2.41. The van der Waals surface area contributed by atoms with Crippen molar-refractivity contribution in [1.29, 1.82) is 0 Å². The molecule has 0 bridgehead atoms. The highest BCUT2D eigenvalue weighted by Gasteiger charge is 2.50. The van der Waals surface area contributed by atoms with Crippen LogP contribution < -0.4 is 0 Å². The molecule has 3 rings (SSSR count). The second-order valence-corrected chi connectivity index (χ2v) is 8.20. The van der Waals surface area contributed by atoms with Crippen LogP contribution in [0, 0.1) is 0 Å².